The van der Waals surface area contributed by atoms with Crippen LogP contribution < -0.4 is 0 Å². The Bertz CT molecular complexity index is 649. The summed E-state index contributed by atoms with van der Waals surface area (Å²) in [6.07, 6.45) is 5.31. The number of allylic oxidation sites excluding steroid dienone is 1. The van der Waals surface area contributed by atoms with Crippen molar-refractivity contribution >= 4 is 22.9 Å². The van der Waals surface area contributed by atoms with Gasteiger partial charge in [0.15, 0.2) is 16.6 Å². The van der Waals surface area contributed by atoms with Crippen molar-refractivity contribution in [1.82, 2.24) is 0 Å². The van der Waals surface area contributed by atoms with E-state index >= 15 is 0 Å². The van der Waals surface area contributed by atoms with Crippen LogP contribution in [0, 0.1) is 11.8 Å². The van der Waals surface area contributed by atoms with E-state index in [1.807, 2.05) is 6.92 Å². The van der Waals surface area contributed by atoms with E-state index in [9.17, 15) is 4.79 Å². The average Bonchev–Trinajstić information content (AvgIpc) is 2.60. The van der Waals surface area contributed by atoms with Gasteiger partial charge in [0.1, 0.15) is 6.29 Å². The van der Waals surface area contributed by atoms with Crippen LogP contribution in [0.4, 0.5) is 0 Å². The van der Waals surface area contributed by atoms with Gasteiger partial charge in [-0.1, -0.05) is 67.5 Å². The Kier molecular flexibility index (Phi) is 10.9. The molecule has 0 fully saturated rings. The average molecular weight is 469 g/mol. The number of aldehydes is 1. The standard InChI is InChI=1S/C26H52O3Si2/c1-16-19(2)23(28-30(12,13)25(6,7)8)20(3)17-21(4)24(22(5)18-27)29-31(14,15)26(9,10)11/h16-18,20,22-24H,1-15H3/b19-16+,21-17+/t20-,22-,23-,24+/m0/s1. The molecule has 3 nitrogen and oxygen atoms in total. The number of hydrogen-bond acceptors (Lipinski definition) is 3. The van der Waals surface area contributed by atoms with Crippen LogP contribution in [0.2, 0.25) is 36.3 Å². The van der Waals surface area contributed by atoms with Crippen LogP contribution in [0.25, 0.3) is 0 Å². The molecule has 0 unspecified atom stereocenters. The highest BCUT2D eigenvalue weighted by atomic mass is 28.4. The molecule has 31 heavy (non-hydrogen) atoms. The predicted molar refractivity (Wildman–Crippen MR) is 142 cm³/mol. The van der Waals surface area contributed by atoms with Crippen LogP contribution >= 0.6 is 0 Å². The largest absolute Gasteiger partial charge is 0.410 e. The van der Waals surface area contributed by atoms with Crippen molar-refractivity contribution < 1.29 is 13.6 Å². The monoisotopic (exact) mass is 468 g/mol. The third-order valence-electron chi connectivity index (χ3n) is 7.50. The van der Waals surface area contributed by atoms with Gasteiger partial charge in [0.2, 0.25) is 0 Å². The Labute approximate surface area is 196 Å². The van der Waals surface area contributed by atoms with Crippen molar-refractivity contribution in [3.8, 4) is 0 Å². The van der Waals surface area contributed by atoms with Gasteiger partial charge < -0.3 is 13.6 Å². The van der Waals surface area contributed by atoms with Gasteiger partial charge in [-0.2, -0.15) is 0 Å². The topological polar surface area (TPSA) is 35.5 Å². The van der Waals surface area contributed by atoms with Crippen LogP contribution in [-0.4, -0.2) is 35.1 Å². The zero-order valence-electron chi connectivity index (χ0n) is 23.3. The molecule has 0 aromatic carbocycles. The van der Waals surface area contributed by atoms with Gasteiger partial charge in [-0.05, 0) is 68.2 Å². The summed E-state index contributed by atoms with van der Waals surface area (Å²) < 4.78 is 13.6. The second-order valence-electron chi connectivity index (χ2n) is 12.4. The summed E-state index contributed by atoms with van der Waals surface area (Å²) >= 11 is 0. The summed E-state index contributed by atoms with van der Waals surface area (Å²) in [5.41, 5.74) is 2.39. The smallest absolute Gasteiger partial charge is 0.192 e. The predicted octanol–water partition coefficient (Wildman–Crippen LogP) is 8.15. The molecule has 0 N–H and O–H groups in total. The van der Waals surface area contributed by atoms with Gasteiger partial charge >= 0.3 is 0 Å². The first-order valence-corrected chi connectivity index (χ1v) is 17.7. The van der Waals surface area contributed by atoms with E-state index < -0.39 is 16.6 Å². The zero-order valence-corrected chi connectivity index (χ0v) is 25.3. The van der Waals surface area contributed by atoms with Crippen molar-refractivity contribution in [3.05, 3.63) is 23.3 Å². The van der Waals surface area contributed by atoms with E-state index in [-0.39, 0.29) is 34.1 Å². The maximum absolute atomic E-state index is 11.7. The second kappa shape index (κ2) is 11.1. The molecule has 0 heterocycles. The van der Waals surface area contributed by atoms with Gasteiger partial charge in [0, 0.05) is 11.8 Å². The second-order valence-corrected chi connectivity index (χ2v) is 21.9. The van der Waals surface area contributed by atoms with Gasteiger partial charge in [-0.25, -0.2) is 0 Å². The zero-order chi connectivity index (χ0) is 25.0. The fraction of sp³-hybridized carbons (Fsp3) is 0.808. The fourth-order valence-electron chi connectivity index (χ4n) is 3.05. The number of carbonyl (C=O) groups excluding carboxylic acids is 1. The minimum atomic E-state index is -2.02. The number of hydrogen-bond donors (Lipinski definition) is 0. The minimum Gasteiger partial charge on any atom is -0.410 e. The van der Waals surface area contributed by atoms with Crippen molar-refractivity contribution in [3.63, 3.8) is 0 Å². The third kappa shape index (κ3) is 8.41. The summed E-state index contributed by atoms with van der Waals surface area (Å²) in [5.74, 6) is 0.00911. The quantitative estimate of drug-likeness (QED) is 0.184. The van der Waals surface area contributed by atoms with Crippen molar-refractivity contribution in [1.29, 1.82) is 0 Å². The Hall–Kier alpha value is -0.496. The molecule has 5 heteroatoms. The first-order chi connectivity index (χ1) is 13.7. The molecule has 0 radical (unpaired) electrons. The van der Waals surface area contributed by atoms with E-state index in [2.05, 4.69) is 108 Å². The lowest BCUT2D eigenvalue weighted by atomic mass is 9.92. The lowest BCUT2D eigenvalue weighted by molar-refractivity contribution is -0.112. The van der Waals surface area contributed by atoms with Gasteiger partial charge in [0.05, 0.1) is 12.2 Å². The molecule has 0 bridgehead atoms. The molecule has 0 aliphatic carbocycles. The molecule has 0 aliphatic rings. The van der Waals surface area contributed by atoms with E-state index in [4.69, 9.17) is 8.85 Å². The first-order valence-electron chi connectivity index (χ1n) is 11.8. The van der Waals surface area contributed by atoms with E-state index in [1.54, 1.807) is 0 Å². The molecule has 0 saturated heterocycles. The lowest BCUT2D eigenvalue weighted by Crippen LogP contribution is -2.46. The highest BCUT2D eigenvalue weighted by Gasteiger charge is 2.42. The van der Waals surface area contributed by atoms with Crippen LogP contribution in [-0.2, 0) is 13.6 Å². The molecular formula is C26H52O3Si2. The summed E-state index contributed by atoms with van der Waals surface area (Å²) in [6, 6.07) is 0. The Balaban J connectivity index is 6.07. The molecule has 0 amide bonds. The molecule has 0 spiro atoms. The Morgan fingerprint density at radius 1 is 0.742 bits per heavy atom. The highest BCUT2D eigenvalue weighted by molar-refractivity contribution is 6.74. The molecule has 0 aliphatic heterocycles. The minimum absolute atomic E-state index is 0.0286. The Morgan fingerprint density at radius 3 is 1.39 bits per heavy atom. The van der Waals surface area contributed by atoms with Crippen molar-refractivity contribution in [2.75, 3.05) is 0 Å². The maximum atomic E-state index is 11.7. The van der Waals surface area contributed by atoms with Crippen LogP contribution in [0.1, 0.15) is 76.2 Å². The van der Waals surface area contributed by atoms with Crippen LogP contribution in [0.3, 0.4) is 0 Å². The van der Waals surface area contributed by atoms with E-state index in [0.717, 1.165) is 11.9 Å². The normalized spacial score (nSPS) is 19.1. The van der Waals surface area contributed by atoms with Crippen molar-refractivity contribution in [2.24, 2.45) is 11.8 Å². The highest BCUT2D eigenvalue weighted by Crippen LogP contribution is 2.41. The molecular weight excluding hydrogens is 416 g/mol. The molecule has 0 aromatic heterocycles. The molecule has 0 aromatic rings. The maximum Gasteiger partial charge on any atom is 0.192 e. The first kappa shape index (κ1) is 30.5. The number of carbonyl (C=O) groups is 1. The fourth-order valence-corrected chi connectivity index (χ4v) is 5.83. The third-order valence-corrected chi connectivity index (χ3v) is 16.4. The summed E-state index contributed by atoms with van der Waals surface area (Å²) in [7, 11) is -3.95. The van der Waals surface area contributed by atoms with Gasteiger partial charge in [-0.3, -0.25) is 0 Å². The molecule has 0 saturated carbocycles. The van der Waals surface area contributed by atoms with E-state index in [0.29, 0.717) is 0 Å². The van der Waals surface area contributed by atoms with Gasteiger partial charge in [-0.15, -0.1) is 0 Å². The lowest BCUT2D eigenvalue weighted by Gasteiger charge is -2.42. The summed E-state index contributed by atoms with van der Waals surface area (Å²) in [4.78, 5) is 11.7. The Morgan fingerprint density at radius 2 is 1.10 bits per heavy atom. The molecule has 0 rings (SSSR count). The molecule has 182 valence electrons. The van der Waals surface area contributed by atoms with Crippen molar-refractivity contribution in [2.45, 2.75) is 125 Å². The van der Waals surface area contributed by atoms with Gasteiger partial charge in [0.25, 0.3) is 0 Å². The number of rotatable bonds is 10. The summed E-state index contributed by atoms with van der Waals surface area (Å²) in [5, 5.41) is 0.243. The van der Waals surface area contributed by atoms with Crippen LogP contribution in [0.5, 0.6) is 0 Å². The summed E-state index contributed by atoms with van der Waals surface area (Å²) in [6.45, 7) is 33.2. The van der Waals surface area contributed by atoms with E-state index in [1.165, 1.54) is 5.57 Å². The SMILES string of the molecule is C/C=C(\C)[C@H](O[Si](C)(C)C(C)(C)C)[C@@H](C)/C=C(\C)[C@@H](O[Si](C)(C)C(C)(C)C)[C@@H](C)C=O. The van der Waals surface area contributed by atoms with Crippen LogP contribution in [0.15, 0.2) is 23.3 Å². The molecule has 4 atom stereocenters.